The summed E-state index contributed by atoms with van der Waals surface area (Å²) in [5.41, 5.74) is 0.870. The maximum atomic E-state index is 11.7. The molecule has 1 aromatic rings. The number of hydrogen-bond acceptors (Lipinski definition) is 3. The third kappa shape index (κ3) is 3.54. The Kier molecular flexibility index (Phi) is 4.83. The normalized spacial score (nSPS) is 12.2. The Hall–Kier alpha value is -1.00. The van der Waals surface area contributed by atoms with Gasteiger partial charge in [0.1, 0.15) is 0 Å². The van der Waals surface area contributed by atoms with E-state index in [1.165, 1.54) is 11.8 Å². The van der Waals surface area contributed by atoms with Gasteiger partial charge in [0.25, 0.3) is 0 Å². The first kappa shape index (κ1) is 13.1. The number of nitrogens with zero attached hydrogens (tertiary/aromatic N) is 1. The zero-order valence-electron chi connectivity index (χ0n) is 9.80. The molecule has 1 rings (SSSR count). The topological polar surface area (TPSA) is 40.5 Å². The van der Waals surface area contributed by atoms with Crippen LogP contribution >= 0.6 is 11.8 Å². The van der Waals surface area contributed by atoms with Crippen LogP contribution < -0.4 is 0 Å². The molecule has 0 aliphatic heterocycles. The standard InChI is InChI=1S/C12H17NO2S/c1-9(12(15)13(2)3)16-11-6-4-5-10(7-11)8-14/h4-7,9,14H,8H2,1-3H3. The lowest BCUT2D eigenvalue weighted by Crippen LogP contribution is -2.29. The first-order chi connectivity index (χ1) is 7.54. The second-order valence-corrected chi connectivity index (χ2v) is 5.21. The molecule has 16 heavy (non-hydrogen) atoms. The Morgan fingerprint density at radius 3 is 2.75 bits per heavy atom. The number of aliphatic hydroxyl groups excluding tert-OH is 1. The summed E-state index contributed by atoms with van der Waals surface area (Å²) in [5, 5.41) is 8.90. The number of amides is 1. The van der Waals surface area contributed by atoms with Crippen molar-refractivity contribution in [3.63, 3.8) is 0 Å². The van der Waals surface area contributed by atoms with Crippen molar-refractivity contribution in [1.29, 1.82) is 0 Å². The molecule has 0 aliphatic rings. The van der Waals surface area contributed by atoms with Crippen molar-refractivity contribution in [2.75, 3.05) is 14.1 Å². The van der Waals surface area contributed by atoms with Gasteiger partial charge in [-0.2, -0.15) is 0 Å². The zero-order chi connectivity index (χ0) is 12.1. The fraction of sp³-hybridized carbons (Fsp3) is 0.417. The van der Waals surface area contributed by atoms with E-state index in [0.29, 0.717) is 0 Å². The fourth-order valence-electron chi connectivity index (χ4n) is 1.34. The van der Waals surface area contributed by atoms with E-state index in [1.54, 1.807) is 19.0 Å². The van der Waals surface area contributed by atoms with E-state index >= 15 is 0 Å². The summed E-state index contributed by atoms with van der Waals surface area (Å²) in [4.78, 5) is 14.3. The van der Waals surface area contributed by atoms with Gasteiger partial charge in [-0.25, -0.2) is 0 Å². The summed E-state index contributed by atoms with van der Waals surface area (Å²) in [5.74, 6) is 0.0967. The molecule has 0 aromatic heterocycles. The molecule has 0 heterocycles. The van der Waals surface area contributed by atoms with Crippen molar-refractivity contribution >= 4 is 17.7 Å². The van der Waals surface area contributed by atoms with Crippen molar-refractivity contribution in [1.82, 2.24) is 4.90 Å². The van der Waals surface area contributed by atoms with Crippen LogP contribution in [0.2, 0.25) is 0 Å². The van der Waals surface area contributed by atoms with Crippen LogP contribution in [0.25, 0.3) is 0 Å². The highest BCUT2D eigenvalue weighted by Gasteiger charge is 2.15. The average Bonchev–Trinajstić information content (AvgIpc) is 2.28. The highest BCUT2D eigenvalue weighted by atomic mass is 32.2. The second-order valence-electron chi connectivity index (χ2n) is 3.80. The lowest BCUT2D eigenvalue weighted by atomic mass is 10.2. The SMILES string of the molecule is CC(Sc1cccc(CO)c1)C(=O)N(C)C. The molecule has 0 spiro atoms. The summed E-state index contributed by atoms with van der Waals surface area (Å²) in [7, 11) is 3.51. The van der Waals surface area contributed by atoms with Crippen molar-refractivity contribution in [3.8, 4) is 0 Å². The third-order valence-corrected chi connectivity index (χ3v) is 3.26. The summed E-state index contributed by atoms with van der Waals surface area (Å²) in [6.45, 7) is 1.92. The van der Waals surface area contributed by atoms with E-state index in [4.69, 9.17) is 5.11 Å². The number of carbonyl (C=O) groups excluding carboxylic acids is 1. The zero-order valence-corrected chi connectivity index (χ0v) is 10.6. The Balaban J connectivity index is 2.69. The molecule has 1 unspecified atom stereocenters. The lowest BCUT2D eigenvalue weighted by Gasteiger charge is -2.16. The largest absolute Gasteiger partial charge is 0.392 e. The van der Waals surface area contributed by atoms with Crippen LogP contribution in [-0.4, -0.2) is 35.3 Å². The molecule has 0 bridgehead atoms. The maximum absolute atomic E-state index is 11.7. The van der Waals surface area contributed by atoms with Gasteiger partial charge in [-0.3, -0.25) is 4.79 Å². The van der Waals surface area contributed by atoms with Crippen LogP contribution in [0.15, 0.2) is 29.2 Å². The molecule has 0 radical (unpaired) electrons. The number of thioether (sulfide) groups is 1. The molecule has 88 valence electrons. The molecular formula is C12H17NO2S. The van der Waals surface area contributed by atoms with Gasteiger partial charge >= 0.3 is 0 Å². The fourth-order valence-corrected chi connectivity index (χ4v) is 2.43. The smallest absolute Gasteiger partial charge is 0.235 e. The third-order valence-electron chi connectivity index (χ3n) is 2.18. The highest BCUT2D eigenvalue weighted by Crippen LogP contribution is 2.24. The summed E-state index contributed by atoms with van der Waals surface area (Å²) in [6.07, 6.45) is 0. The van der Waals surface area contributed by atoms with Gasteiger partial charge in [0.15, 0.2) is 0 Å². The van der Waals surface area contributed by atoms with Crippen LogP contribution in [0.3, 0.4) is 0 Å². The molecule has 1 aromatic carbocycles. The van der Waals surface area contributed by atoms with Gasteiger partial charge in [0, 0.05) is 19.0 Å². The van der Waals surface area contributed by atoms with Gasteiger partial charge in [-0.05, 0) is 24.6 Å². The minimum atomic E-state index is -0.107. The highest BCUT2D eigenvalue weighted by molar-refractivity contribution is 8.00. The molecule has 1 N–H and O–H groups in total. The van der Waals surface area contributed by atoms with E-state index in [-0.39, 0.29) is 17.8 Å². The van der Waals surface area contributed by atoms with E-state index in [1.807, 2.05) is 31.2 Å². The summed E-state index contributed by atoms with van der Waals surface area (Å²) < 4.78 is 0. The Morgan fingerprint density at radius 1 is 1.50 bits per heavy atom. The van der Waals surface area contributed by atoms with Crippen molar-refractivity contribution in [2.45, 2.75) is 23.7 Å². The van der Waals surface area contributed by atoms with E-state index in [0.717, 1.165) is 10.5 Å². The van der Waals surface area contributed by atoms with Crippen LogP contribution in [0.5, 0.6) is 0 Å². The predicted octanol–water partition coefficient (Wildman–Crippen LogP) is 1.75. The van der Waals surface area contributed by atoms with Gasteiger partial charge in [-0.1, -0.05) is 12.1 Å². The van der Waals surface area contributed by atoms with E-state index < -0.39 is 0 Å². The van der Waals surface area contributed by atoms with E-state index in [9.17, 15) is 4.79 Å². The monoisotopic (exact) mass is 239 g/mol. The van der Waals surface area contributed by atoms with Crippen molar-refractivity contribution < 1.29 is 9.90 Å². The molecule has 0 saturated carbocycles. The van der Waals surface area contributed by atoms with Crippen LogP contribution in [0, 0.1) is 0 Å². The first-order valence-corrected chi connectivity index (χ1v) is 6.00. The molecule has 0 fully saturated rings. The minimum absolute atomic E-state index is 0.0322. The quantitative estimate of drug-likeness (QED) is 0.814. The van der Waals surface area contributed by atoms with Crippen molar-refractivity contribution in [2.24, 2.45) is 0 Å². The Morgan fingerprint density at radius 2 is 2.19 bits per heavy atom. The molecule has 0 aliphatic carbocycles. The average molecular weight is 239 g/mol. The number of rotatable bonds is 4. The number of benzene rings is 1. The number of carbonyl (C=O) groups is 1. The molecular weight excluding hydrogens is 222 g/mol. The summed E-state index contributed by atoms with van der Waals surface area (Å²) >= 11 is 1.51. The Bertz CT molecular complexity index is 366. The molecule has 4 heteroatoms. The molecule has 0 saturated heterocycles. The second kappa shape index (κ2) is 5.92. The van der Waals surface area contributed by atoms with Crippen LogP contribution in [-0.2, 0) is 11.4 Å². The maximum Gasteiger partial charge on any atom is 0.235 e. The van der Waals surface area contributed by atoms with Gasteiger partial charge in [0.05, 0.1) is 11.9 Å². The van der Waals surface area contributed by atoms with Crippen molar-refractivity contribution in [3.05, 3.63) is 29.8 Å². The Labute approximate surface area is 100 Å². The van der Waals surface area contributed by atoms with Crippen LogP contribution in [0.1, 0.15) is 12.5 Å². The minimum Gasteiger partial charge on any atom is -0.392 e. The van der Waals surface area contributed by atoms with Gasteiger partial charge < -0.3 is 10.0 Å². The van der Waals surface area contributed by atoms with E-state index in [2.05, 4.69) is 0 Å². The first-order valence-electron chi connectivity index (χ1n) is 5.12. The molecule has 1 amide bonds. The van der Waals surface area contributed by atoms with Crippen LogP contribution in [0.4, 0.5) is 0 Å². The van der Waals surface area contributed by atoms with Gasteiger partial charge in [-0.15, -0.1) is 11.8 Å². The molecule has 3 nitrogen and oxygen atoms in total. The predicted molar refractivity (Wildman–Crippen MR) is 66.4 cm³/mol. The van der Waals surface area contributed by atoms with Gasteiger partial charge in [0.2, 0.25) is 5.91 Å². The summed E-state index contributed by atoms with van der Waals surface area (Å²) in [6, 6.07) is 7.61. The number of hydrogen-bond donors (Lipinski definition) is 1. The number of aliphatic hydroxyl groups is 1. The lowest BCUT2D eigenvalue weighted by molar-refractivity contribution is -0.127. The molecule has 1 atom stereocenters.